The molecule has 4 nitrogen and oxygen atoms in total. The molecule has 1 aliphatic carbocycles. The highest BCUT2D eigenvalue weighted by molar-refractivity contribution is 5.75. The Morgan fingerprint density at radius 1 is 1.40 bits per heavy atom. The summed E-state index contributed by atoms with van der Waals surface area (Å²) in [4.78, 5) is 13.1. The van der Waals surface area contributed by atoms with Gasteiger partial charge in [0, 0.05) is 23.7 Å². The van der Waals surface area contributed by atoms with Crippen molar-refractivity contribution in [2.24, 2.45) is 0 Å². The number of benzene rings is 1. The fourth-order valence-electron chi connectivity index (χ4n) is 2.99. The van der Waals surface area contributed by atoms with Gasteiger partial charge in [0.2, 0.25) is 0 Å². The van der Waals surface area contributed by atoms with Crippen LogP contribution in [0.25, 0.3) is 0 Å². The largest absolute Gasteiger partial charge is 0.496 e. The average molecular weight is 277 g/mol. The van der Waals surface area contributed by atoms with Crippen molar-refractivity contribution in [2.75, 3.05) is 14.2 Å². The van der Waals surface area contributed by atoms with Crippen molar-refractivity contribution < 1.29 is 14.6 Å². The predicted octanol–water partition coefficient (Wildman–Crippen LogP) is 2.24. The lowest BCUT2D eigenvalue weighted by Gasteiger charge is -2.35. The summed E-state index contributed by atoms with van der Waals surface area (Å²) in [7, 11) is 3.65. The van der Waals surface area contributed by atoms with Gasteiger partial charge in [-0.25, -0.2) is 0 Å². The normalized spacial score (nSPS) is 22.8. The van der Waals surface area contributed by atoms with E-state index in [1.165, 1.54) is 0 Å². The second-order valence-corrected chi connectivity index (χ2v) is 5.52. The van der Waals surface area contributed by atoms with E-state index in [9.17, 15) is 9.90 Å². The highest BCUT2D eigenvalue weighted by atomic mass is 16.5. The molecule has 20 heavy (non-hydrogen) atoms. The topological polar surface area (TPSA) is 49.8 Å². The van der Waals surface area contributed by atoms with E-state index in [0.29, 0.717) is 12.1 Å². The molecule has 0 amide bonds. The molecular weight excluding hydrogens is 254 g/mol. The molecule has 0 saturated heterocycles. The molecule has 2 rings (SSSR count). The van der Waals surface area contributed by atoms with E-state index in [1.807, 2.05) is 19.2 Å². The highest BCUT2D eigenvalue weighted by Crippen LogP contribution is 2.26. The fourth-order valence-corrected chi connectivity index (χ4v) is 2.99. The Morgan fingerprint density at radius 3 is 2.80 bits per heavy atom. The van der Waals surface area contributed by atoms with Gasteiger partial charge in [0.25, 0.3) is 0 Å². The quantitative estimate of drug-likeness (QED) is 0.839. The van der Waals surface area contributed by atoms with Gasteiger partial charge in [-0.2, -0.15) is 0 Å². The van der Waals surface area contributed by atoms with E-state index >= 15 is 0 Å². The maximum absolute atomic E-state index is 10.9. The lowest BCUT2D eigenvalue weighted by atomic mass is 9.91. The van der Waals surface area contributed by atoms with Crippen molar-refractivity contribution in [2.45, 2.75) is 44.4 Å². The third kappa shape index (κ3) is 3.38. The molecule has 2 unspecified atom stereocenters. The van der Waals surface area contributed by atoms with E-state index in [-0.39, 0.29) is 12.1 Å². The minimum atomic E-state index is -0.256. The molecule has 1 fully saturated rings. The minimum absolute atomic E-state index is 0.188. The van der Waals surface area contributed by atoms with Crippen molar-refractivity contribution in [3.63, 3.8) is 0 Å². The third-order valence-electron chi connectivity index (χ3n) is 4.12. The van der Waals surface area contributed by atoms with Crippen LogP contribution in [0.3, 0.4) is 0 Å². The summed E-state index contributed by atoms with van der Waals surface area (Å²) >= 11 is 0. The van der Waals surface area contributed by atoms with Crippen molar-refractivity contribution in [1.29, 1.82) is 0 Å². The Labute approximate surface area is 120 Å². The summed E-state index contributed by atoms with van der Waals surface area (Å²) in [6.45, 7) is 0.673. The van der Waals surface area contributed by atoms with Crippen LogP contribution in [-0.2, 0) is 6.54 Å². The van der Waals surface area contributed by atoms with Crippen molar-refractivity contribution >= 4 is 6.29 Å². The molecule has 0 radical (unpaired) electrons. The van der Waals surface area contributed by atoms with Gasteiger partial charge in [0.15, 0.2) is 0 Å². The van der Waals surface area contributed by atoms with Gasteiger partial charge in [-0.15, -0.1) is 0 Å². The number of ether oxygens (including phenoxy) is 1. The molecule has 110 valence electrons. The van der Waals surface area contributed by atoms with E-state index < -0.39 is 0 Å². The van der Waals surface area contributed by atoms with Crippen LogP contribution < -0.4 is 4.74 Å². The average Bonchev–Trinajstić information content (AvgIpc) is 2.47. The molecule has 0 spiro atoms. The monoisotopic (exact) mass is 277 g/mol. The molecule has 1 N–H and O–H groups in total. The second-order valence-electron chi connectivity index (χ2n) is 5.52. The van der Waals surface area contributed by atoms with Gasteiger partial charge in [-0.1, -0.05) is 12.8 Å². The number of hydrogen-bond acceptors (Lipinski definition) is 4. The van der Waals surface area contributed by atoms with Gasteiger partial charge in [0.05, 0.1) is 13.2 Å². The molecule has 0 heterocycles. The molecule has 1 saturated carbocycles. The summed E-state index contributed by atoms with van der Waals surface area (Å²) < 4.78 is 5.35. The molecular formula is C16H23NO3. The molecule has 0 bridgehead atoms. The van der Waals surface area contributed by atoms with Crippen LogP contribution in [0.5, 0.6) is 5.75 Å². The lowest BCUT2D eigenvalue weighted by molar-refractivity contribution is 0.0285. The third-order valence-corrected chi connectivity index (χ3v) is 4.12. The Hall–Kier alpha value is -1.39. The molecule has 1 aromatic rings. The zero-order valence-corrected chi connectivity index (χ0v) is 12.2. The summed E-state index contributed by atoms with van der Waals surface area (Å²) in [6, 6.07) is 5.63. The van der Waals surface area contributed by atoms with Gasteiger partial charge in [0.1, 0.15) is 12.0 Å². The molecule has 4 heteroatoms. The highest BCUT2D eigenvalue weighted by Gasteiger charge is 2.26. The first-order chi connectivity index (χ1) is 9.65. The number of carbonyl (C=O) groups excluding carboxylic acids is 1. The van der Waals surface area contributed by atoms with Crippen LogP contribution in [0.1, 0.15) is 41.6 Å². The van der Waals surface area contributed by atoms with Crippen LogP contribution in [0.2, 0.25) is 0 Å². The Balaban J connectivity index is 2.13. The first-order valence-electron chi connectivity index (χ1n) is 7.16. The number of likely N-dealkylation sites (N-methyl/N-ethyl adjacent to an activating group) is 1. The Morgan fingerprint density at radius 2 is 2.15 bits per heavy atom. The smallest absolute Gasteiger partial charge is 0.150 e. The zero-order valence-electron chi connectivity index (χ0n) is 12.2. The van der Waals surface area contributed by atoms with E-state index in [0.717, 1.165) is 43.3 Å². The molecule has 0 aromatic heterocycles. The Bertz CT molecular complexity index is 461. The molecule has 2 atom stereocenters. The summed E-state index contributed by atoms with van der Waals surface area (Å²) in [5.74, 6) is 0.785. The minimum Gasteiger partial charge on any atom is -0.496 e. The number of rotatable bonds is 5. The molecule has 1 aromatic carbocycles. The van der Waals surface area contributed by atoms with Crippen molar-refractivity contribution in [1.82, 2.24) is 4.90 Å². The SMILES string of the molecule is COc1ccc(C=O)cc1CN(C)C1CCCCC1O. The van der Waals surface area contributed by atoms with Crippen LogP contribution in [0, 0.1) is 0 Å². The summed E-state index contributed by atoms with van der Waals surface area (Å²) in [6.07, 6.45) is 4.76. The van der Waals surface area contributed by atoms with Crippen molar-refractivity contribution in [3.05, 3.63) is 29.3 Å². The number of methoxy groups -OCH3 is 1. The summed E-state index contributed by atoms with van der Waals surface area (Å²) in [5.41, 5.74) is 1.63. The maximum Gasteiger partial charge on any atom is 0.150 e. The van der Waals surface area contributed by atoms with E-state index in [4.69, 9.17) is 4.74 Å². The fraction of sp³-hybridized carbons (Fsp3) is 0.562. The van der Waals surface area contributed by atoms with Crippen LogP contribution >= 0.6 is 0 Å². The number of aldehydes is 1. The lowest BCUT2D eigenvalue weighted by Crippen LogP contribution is -2.42. The van der Waals surface area contributed by atoms with Gasteiger partial charge in [-0.05, 0) is 38.1 Å². The molecule has 1 aliphatic rings. The zero-order chi connectivity index (χ0) is 14.5. The number of aliphatic hydroxyl groups is 1. The maximum atomic E-state index is 10.9. The van der Waals surface area contributed by atoms with Gasteiger partial charge < -0.3 is 9.84 Å². The number of carbonyl (C=O) groups is 1. The first-order valence-corrected chi connectivity index (χ1v) is 7.16. The number of nitrogens with zero attached hydrogens (tertiary/aromatic N) is 1. The molecule has 0 aliphatic heterocycles. The first kappa shape index (κ1) is 15.0. The number of aliphatic hydroxyl groups excluding tert-OH is 1. The Kier molecular flexibility index (Phi) is 5.15. The summed E-state index contributed by atoms with van der Waals surface area (Å²) in [5, 5.41) is 10.1. The van der Waals surface area contributed by atoms with E-state index in [2.05, 4.69) is 4.90 Å². The van der Waals surface area contributed by atoms with Crippen LogP contribution in [0.4, 0.5) is 0 Å². The van der Waals surface area contributed by atoms with E-state index in [1.54, 1.807) is 13.2 Å². The van der Waals surface area contributed by atoms with Crippen LogP contribution in [-0.4, -0.2) is 42.6 Å². The predicted molar refractivity (Wildman–Crippen MR) is 78.1 cm³/mol. The number of hydrogen-bond donors (Lipinski definition) is 1. The second kappa shape index (κ2) is 6.86. The van der Waals surface area contributed by atoms with Gasteiger partial charge >= 0.3 is 0 Å². The van der Waals surface area contributed by atoms with Crippen molar-refractivity contribution in [3.8, 4) is 5.75 Å². The van der Waals surface area contributed by atoms with Crippen LogP contribution in [0.15, 0.2) is 18.2 Å². The van der Waals surface area contributed by atoms with Gasteiger partial charge in [-0.3, -0.25) is 9.69 Å². The standard InChI is InChI=1S/C16H23NO3/c1-17(14-5-3-4-6-15(14)19)10-13-9-12(11-18)7-8-16(13)20-2/h7-9,11,14-15,19H,3-6,10H2,1-2H3.